The zero-order chi connectivity index (χ0) is 21.6. The molecule has 0 aromatic heterocycles. The third kappa shape index (κ3) is 5.56. The highest BCUT2D eigenvalue weighted by molar-refractivity contribution is 7.92. The first-order chi connectivity index (χ1) is 14.4. The summed E-state index contributed by atoms with van der Waals surface area (Å²) in [5.41, 5.74) is 0.730. The summed E-state index contributed by atoms with van der Waals surface area (Å²) < 4.78 is 47.0. The molecule has 1 amide bonds. The van der Waals surface area contributed by atoms with Crippen LogP contribution in [0.1, 0.15) is 5.56 Å². The Kier molecular flexibility index (Phi) is 7.41. The van der Waals surface area contributed by atoms with Gasteiger partial charge in [-0.2, -0.15) is 0 Å². The van der Waals surface area contributed by atoms with Crippen LogP contribution in [0, 0.1) is 12.7 Å². The fraction of sp³-hybridized carbons (Fsp3) is 0.381. The number of halogens is 1. The lowest BCUT2D eigenvalue weighted by Crippen LogP contribution is -2.45. The minimum Gasteiger partial charge on any atom is -0.379 e. The molecule has 162 valence electrons. The predicted octanol–water partition coefficient (Wildman–Crippen LogP) is 1.78. The van der Waals surface area contributed by atoms with Crippen molar-refractivity contribution in [2.75, 3.05) is 50.2 Å². The van der Waals surface area contributed by atoms with Crippen LogP contribution in [0.5, 0.6) is 0 Å². The van der Waals surface area contributed by atoms with Gasteiger partial charge in [-0.05, 0) is 31.2 Å². The normalized spacial score (nSPS) is 15.0. The van der Waals surface area contributed by atoms with Crippen LogP contribution in [0.15, 0.2) is 53.4 Å². The lowest BCUT2D eigenvalue weighted by Gasteiger charge is -2.27. The highest BCUT2D eigenvalue weighted by Gasteiger charge is 2.29. The molecule has 0 aliphatic carbocycles. The van der Waals surface area contributed by atoms with Gasteiger partial charge in [0.25, 0.3) is 10.0 Å². The number of anilines is 1. The molecule has 3 rings (SSSR count). The van der Waals surface area contributed by atoms with Crippen LogP contribution in [-0.4, -0.2) is 65.2 Å². The molecule has 2 aromatic rings. The van der Waals surface area contributed by atoms with Gasteiger partial charge in [0.05, 0.1) is 23.8 Å². The molecular weight excluding hydrogens is 409 g/mol. The quantitative estimate of drug-likeness (QED) is 0.684. The number of aryl methyl sites for hydroxylation is 1. The summed E-state index contributed by atoms with van der Waals surface area (Å²) >= 11 is 0. The molecule has 7 nitrogen and oxygen atoms in total. The lowest BCUT2D eigenvalue weighted by molar-refractivity contribution is -0.119. The molecule has 1 heterocycles. The minimum atomic E-state index is -4.13. The maximum absolute atomic E-state index is 14.4. The van der Waals surface area contributed by atoms with Crippen LogP contribution < -0.4 is 9.62 Å². The van der Waals surface area contributed by atoms with Crippen LogP contribution in [0.25, 0.3) is 0 Å². The van der Waals surface area contributed by atoms with Gasteiger partial charge in [0.15, 0.2) is 0 Å². The number of morpholine rings is 1. The Morgan fingerprint density at radius 2 is 1.80 bits per heavy atom. The second kappa shape index (κ2) is 10.0. The Hall–Kier alpha value is -2.49. The zero-order valence-electron chi connectivity index (χ0n) is 16.9. The average molecular weight is 436 g/mol. The maximum atomic E-state index is 14.4. The first kappa shape index (κ1) is 22.2. The standard InChI is InChI=1S/C21H26FN3O4S/c1-17-6-8-18(9-7-17)30(27,28)25(20-5-3-2-4-19(20)22)16-21(26)23-10-11-24-12-14-29-15-13-24/h2-9H,10-16H2,1H3,(H,23,26). The molecule has 0 radical (unpaired) electrons. The van der Waals surface area contributed by atoms with Gasteiger partial charge in [-0.3, -0.25) is 14.0 Å². The molecule has 2 aromatic carbocycles. The molecule has 0 spiro atoms. The summed E-state index contributed by atoms with van der Waals surface area (Å²) in [6.07, 6.45) is 0. The fourth-order valence-corrected chi connectivity index (χ4v) is 4.58. The number of sulfonamides is 1. The van der Waals surface area contributed by atoms with E-state index in [1.54, 1.807) is 12.1 Å². The smallest absolute Gasteiger partial charge is 0.264 e. The van der Waals surface area contributed by atoms with Crippen LogP contribution in [0.3, 0.4) is 0 Å². The first-order valence-corrected chi connectivity index (χ1v) is 11.2. The van der Waals surface area contributed by atoms with E-state index >= 15 is 0 Å². The molecule has 1 N–H and O–H groups in total. The second-order valence-electron chi connectivity index (χ2n) is 7.08. The number of hydrogen-bond donors (Lipinski definition) is 1. The SMILES string of the molecule is Cc1ccc(S(=O)(=O)N(CC(=O)NCCN2CCOCC2)c2ccccc2F)cc1. The van der Waals surface area contributed by atoms with Crippen molar-refractivity contribution in [3.05, 3.63) is 59.9 Å². The van der Waals surface area contributed by atoms with Gasteiger partial charge in [-0.15, -0.1) is 0 Å². The van der Waals surface area contributed by atoms with E-state index in [4.69, 9.17) is 4.74 Å². The Balaban J connectivity index is 1.75. The molecule has 1 aliphatic heterocycles. The molecular formula is C21H26FN3O4S. The van der Waals surface area contributed by atoms with Gasteiger partial charge in [0, 0.05) is 26.2 Å². The third-order valence-electron chi connectivity index (χ3n) is 4.87. The monoisotopic (exact) mass is 435 g/mol. The molecule has 0 atom stereocenters. The number of hydrogen-bond acceptors (Lipinski definition) is 5. The number of ether oxygens (including phenoxy) is 1. The predicted molar refractivity (Wildman–Crippen MR) is 112 cm³/mol. The van der Waals surface area contributed by atoms with E-state index in [9.17, 15) is 17.6 Å². The number of carbonyl (C=O) groups excluding carboxylic acids is 1. The highest BCUT2D eigenvalue weighted by atomic mass is 32.2. The zero-order valence-corrected chi connectivity index (χ0v) is 17.7. The Bertz CT molecular complexity index is 960. The Labute approximate surface area is 176 Å². The second-order valence-corrected chi connectivity index (χ2v) is 8.94. The number of para-hydroxylation sites is 1. The molecule has 0 bridgehead atoms. The van der Waals surface area contributed by atoms with Crippen LogP contribution >= 0.6 is 0 Å². The molecule has 0 unspecified atom stereocenters. The third-order valence-corrected chi connectivity index (χ3v) is 6.65. The van der Waals surface area contributed by atoms with Gasteiger partial charge < -0.3 is 10.1 Å². The molecule has 0 saturated carbocycles. The Morgan fingerprint density at radius 1 is 1.13 bits per heavy atom. The lowest BCUT2D eigenvalue weighted by atomic mass is 10.2. The highest BCUT2D eigenvalue weighted by Crippen LogP contribution is 2.26. The van der Waals surface area contributed by atoms with E-state index in [2.05, 4.69) is 10.2 Å². The van der Waals surface area contributed by atoms with E-state index in [1.165, 1.54) is 36.4 Å². The van der Waals surface area contributed by atoms with Gasteiger partial charge in [0.2, 0.25) is 5.91 Å². The van der Waals surface area contributed by atoms with Crippen LogP contribution in [0.4, 0.5) is 10.1 Å². The number of nitrogens with one attached hydrogen (secondary N) is 1. The van der Waals surface area contributed by atoms with Crippen molar-refractivity contribution in [3.8, 4) is 0 Å². The molecule has 1 fully saturated rings. The number of benzene rings is 2. The molecule has 1 aliphatic rings. The van der Waals surface area contributed by atoms with Gasteiger partial charge in [-0.25, -0.2) is 12.8 Å². The summed E-state index contributed by atoms with van der Waals surface area (Å²) in [4.78, 5) is 14.7. The van der Waals surface area contributed by atoms with Crippen molar-refractivity contribution >= 4 is 21.6 Å². The summed E-state index contributed by atoms with van der Waals surface area (Å²) in [7, 11) is -4.13. The van der Waals surface area contributed by atoms with Crippen LogP contribution in [-0.2, 0) is 19.6 Å². The molecule has 9 heteroatoms. The van der Waals surface area contributed by atoms with E-state index in [1.807, 2.05) is 6.92 Å². The van der Waals surface area contributed by atoms with Gasteiger partial charge >= 0.3 is 0 Å². The van der Waals surface area contributed by atoms with Gasteiger partial charge in [0.1, 0.15) is 12.4 Å². The summed E-state index contributed by atoms with van der Waals surface area (Å²) in [5, 5.41) is 2.73. The van der Waals surface area contributed by atoms with Crippen molar-refractivity contribution in [2.45, 2.75) is 11.8 Å². The van der Waals surface area contributed by atoms with Gasteiger partial charge in [-0.1, -0.05) is 29.8 Å². The number of carbonyl (C=O) groups is 1. The summed E-state index contributed by atoms with van der Waals surface area (Å²) in [6, 6.07) is 11.8. The van der Waals surface area contributed by atoms with E-state index in [0.29, 0.717) is 26.3 Å². The first-order valence-electron chi connectivity index (χ1n) is 9.78. The van der Waals surface area contributed by atoms with Crippen molar-refractivity contribution in [3.63, 3.8) is 0 Å². The average Bonchev–Trinajstić information content (AvgIpc) is 2.74. The number of rotatable bonds is 8. The van der Waals surface area contributed by atoms with E-state index in [0.717, 1.165) is 23.0 Å². The Morgan fingerprint density at radius 3 is 2.47 bits per heavy atom. The maximum Gasteiger partial charge on any atom is 0.264 e. The van der Waals surface area contributed by atoms with Crippen LogP contribution in [0.2, 0.25) is 0 Å². The fourth-order valence-electron chi connectivity index (χ4n) is 3.16. The van der Waals surface area contributed by atoms with Crippen molar-refractivity contribution in [1.82, 2.24) is 10.2 Å². The summed E-state index contributed by atoms with van der Waals surface area (Å²) in [6.45, 7) is 5.23. The topological polar surface area (TPSA) is 79.0 Å². The molecule has 30 heavy (non-hydrogen) atoms. The largest absolute Gasteiger partial charge is 0.379 e. The number of nitrogens with zero attached hydrogens (tertiary/aromatic N) is 2. The summed E-state index contributed by atoms with van der Waals surface area (Å²) in [5.74, 6) is -1.21. The van der Waals surface area contributed by atoms with Crippen molar-refractivity contribution < 1.29 is 22.3 Å². The van der Waals surface area contributed by atoms with Crippen molar-refractivity contribution in [2.24, 2.45) is 0 Å². The minimum absolute atomic E-state index is 0.00234. The molecule has 1 saturated heterocycles. The van der Waals surface area contributed by atoms with E-state index < -0.39 is 28.3 Å². The van der Waals surface area contributed by atoms with Crippen molar-refractivity contribution in [1.29, 1.82) is 0 Å². The van der Waals surface area contributed by atoms with E-state index in [-0.39, 0.29) is 10.6 Å². The number of amides is 1.